The molecule has 1 fully saturated rings. The molecule has 0 N–H and O–H groups in total. The van der Waals surface area contributed by atoms with E-state index in [1.54, 1.807) is 18.2 Å². The zero-order valence-electron chi connectivity index (χ0n) is 14.9. The number of methoxy groups -OCH3 is 1. The Morgan fingerprint density at radius 3 is 2.52 bits per heavy atom. The summed E-state index contributed by atoms with van der Waals surface area (Å²) in [5.41, 5.74) is 1.21. The first-order chi connectivity index (χ1) is 12.0. The maximum absolute atomic E-state index is 12.6. The van der Waals surface area contributed by atoms with Gasteiger partial charge >= 0.3 is 0 Å². The lowest BCUT2D eigenvalue weighted by Gasteiger charge is -2.39. The molecule has 1 aliphatic heterocycles. The smallest absolute Gasteiger partial charge is 0.257 e. The number of nitrogens with zero attached hydrogens (tertiary/aromatic N) is 4. The highest BCUT2D eigenvalue weighted by molar-refractivity contribution is 5.95. The van der Waals surface area contributed by atoms with Crippen molar-refractivity contribution in [3.8, 4) is 11.5 Å². The molecule has 0 atom stereocenters. The number of anilines is 1. The second-order valence-electron chi connectivity index (χ2n) is 6.16. The molecule has 0 bridgehead atoms. The second kappa shape index (κ2) is 6.96. The lowest BCUT2D eigenvalue weighted by Crippen LogP contribution is -2.56. The summed E-state index contributed by atoms with van der Waals surface area (Å²) in [5.74, 6) is 1.91. The van der Waals surface area contributed by atoms with Gasteiger partial charge in [0.25, 0.3) is 5.91 Å². The van der Waals surface area contributed by atoms with Crippen molar-refractivity contribution < 1.29 is 14.3 Å². The van der Waals surface area contributed by atoms with Crippen molar-refractivity contribution in [2.45, 2.75) is 13.0 Å². The predicted molar refractivity (Wildman–Crippen MR) is 94.4 cm³/mol. The summed E-state index contributed by atoms with van der Waals surface area (Å²) < 4.78 is 11.2. The Kier molecular flexibility index (Phi) is 4.74. The van der Waals surface area contributed by atoms with Crippen LogP contribution in [-0.4, -0.2) is 61.2 Å². The number of hydrogen-bond acceptors (Lipinski definition) is 6. The molecule has 1 aromatic carbocycles. The van der Waals surface area contributed by atoms with Gasteiger partial charge in [-0.2, -0.15) is 0 Å². The molecule has 2 aromatic rings. The number of benzene rings is 1. The molecule has 25 heavy (non-hydrogen) atoms. The van der Waals surface area contributed by atoms with Crippen LogP contribution in [0.2, 0.25) is 0 Å². The maximum atomic E-state index is 12.6. The molecule has 1 aromatic heterocycles. The number of para-hydroxylation sites is 2. The lowest BCUT2D eigenvalue weighted by atomic mass is 10.1. The zero-order valence-corrected chi connectivity index (χ0v) is 14.9. The van der Waals surface area contributed by atoms with Gasteiger partial charge in [-0.3, -0.25) is 4.79 Å². The number of hydrogen-bond donors (Lipinski definition) is 0. The highest BCUT2D eigenvalue weighted by atomic mass is 16.5. The van der Waals surface area contributed by atoms with Crippen LogP contribution < -0.4 is 14.4 Å². The fraction of sp³-hybridized carbons (Fsp3) is 0.389. The van der Waals surface area contributed by atoms with Gasteiger partial charge < -0.3 is 19.3 Å². The third-order valence-electron chi connectivity index (χ3n) is 4.09. The molecule has 7 nitrogen and oxygen atoms in total. The number of aromatic nitrogens is 2. The highest BCUT2D eigenvalue weighted by Gasteiger charge is 2.34. The quantitative estimate of drug-likeness (QED) is 0.825. The minimum absolute atomic E-state index is 0.0393. The van der Waals surface area contributed by atoms with E-state index in [-0.39, 0.29) is 12.0 Å². The summed E-state index contributed by atoms with van der Waals surface area (Å²) in [6, 6.07) is 7.50. The van der Waals surface area contributed by atoms with Crippen LogP contribution in [0.1, 0.15) is 16.1 Å². The first-order valence-electron chi connectivity index (χ1n) is 8.09. The molecule has 3 rings (SSSR count). The van der Waals surface area contributed by atoms with Crippen molar-refractivity contribution in [1.82, 2.24) is 14.9 Å². The molecule has 0 aliphatic carbocycles. The van der Waals surface area contributed by atoms with Crippen LogP contribution >= 0.6 is 0 Å². The van der Waals surface area contributed by atoms with Crippen molar-refractivity contribution in [1.29, 1.82) is 0 Å². The number of rotatable bonds is 5. The van der Waals surface area contributed by atoms with E-state index in [1.165, 1.54) is 0 Å². The summed E-state index contributed by atoms with van der Waals surface area (Å²) in [5, 5.41) is 0. The van der Waals surface area contributed by atoms with Gasteiger partial charge in [0, 0.05) is 20.3 Å². The highest BCUT2D eigenvalue weighted by Crippen LogP contribution is 2.29. The molecule has 0 unspecified atom stereocenters. The topological polar surface area (TPSA) is 67.8 Å². The Balaban J connectivity index is 1.62. The largest absolute Gasteiger partial charge is 0.493 e. The van der Waals surface area contributed by atoms with Gasteiger partial charge in [-0.1, -0.05) is 12.1 Å². The van der Waals surface area contributed by atoms with Gasteiger partial charge in [0.1, 0.15) is 6.10 Å². The van der Waals surface area contributed by atoms with Crippen LogP contribution in [0.4, 0.5) is 5.95 Å². The van der Waals surface area contributed by atoms with Crippen LogP contribution in [0.5, 0.6) is 11.5 Å². The molecular weight excluding hydrogens is 320 g/mol. The third kappa shape index (κ3) is 3.50. The van der Waals surface area contributed by atoms with E-state index in [9.17, 15) is 4.79 Å². The summed E-state index contributed by atoms with van der Waals surface area (Å²) >= 11 is 0. The molecule has 7 heteroatoms. The van der Waals surface area contributed by atoms with Gasteiger partial charge in [-0.15, -0.1) is 0 Å². The minimum Gasteiger partial charge on any atom is -0.493 e. The first-order valence-corrected chi connectivity index (χ1v) is 8.09. The van der Waals surface area contributed by atoms with Crippen molar-refractivity contribution in [2.24, 2.45) is 0 Å². The number of likely N-dealkylation sites (tertiary alicyclic amines) is 1. The molecule has 2 heterocycles. The number of carbonyl (C=O) groups excluding carboxylic acids is 1. The van der Waals surface area contributed by atoms with Crippen LogP contribution in [0.3, 0.4) is 0 Å². The average molecular weight is 342 g/mol. The van der Waals surface area contributed by atoms with E-state index >= 15 is 0 Å². The van der Waals surface area contributed by atoms with E-state index in [1.807, 2.05) is 50.2 Å². The monoisotopic (exact) mass is 342 g/mol. The van der Waals surface area contributed by atoms with E-state index in [0.717, 1.165) is 0 Å². The van der Waals surface area contributed by atoms with E-state index < -0.39 is 0 Å². The van der Waals surface area contributed by atoms with Gasteiger partial charge in [0.15, 0.2) is 11.5 Å². The first kappa shape index (κ1) is 17.0. The SMILES string of the molecule is COc1ccccc1OC1CN(C(=O)c2cnc(N(C)C)nc2C)C1. The molecule has 1 aliphatic rings. The Morgan fingerprint density at radius 1 is 1.24 bits per heavy atom. The Labute approximate surface area is 147 Å². The van der Waals surface area contributed by atoms with Gasteiger partial charge in [0.2, 0.25) is 5.95 Å². The second-order valence-corrected chi connectivity index (χ2v) is 6.16. The summed E-state index contributed by atoms with van der Waals surface area (Å²) in [6.45, 7) is 2.89. The molecule has 1 saturated heterocycles. The molecule has 132 valence electrons. The summed E-state index contributed by atoms with van der Waals surface area (Å²) in [4.78, 5) is 24.7. The fourth-order valence-electron chi connectivity index (χ4n) is 2.62. The number of aryl methyl sites for hydroxylation is 1. The van der Waals surface area contributed by atoms with Crippen LogP contribution in [0.15, 0.2) is 30.5 Å². The maximum Gasteiger partial charge on any atom is 0.257 e. The standard InChI is InChI=1S/C18H22N4O3/c1-12-14(9-19-18(20-12)21(2)3)17(23)22-10-13(11-22)25-16-8-6-5-7-15(16)24-4/h5-9,13H,10-11H2,1-4H3. The molecule has 0 radical (unpaired) electrons. The van der Waals surface area contributed by atoms with Crippen molar-refractivity contribution >= 4 is 11.9 Å². The van der Waals surface area contributed by atoms with Crippen molar-refractivity contribution in [3.05, 3.63) is 41.7 Å². The van der Waals surface area contributed by atoms with Crippen LogP contribution in [0, 0.1) is 6.92 Å². The summed E-state index contributed by atoms with van der Waals surface area (Å²) in [6.07, 6.45) is 1.55. The van der Waals surface area contributed by atoms with E-state index in [0.29, 0.717) is 41.8 Å². The minimum atomic E-state index is -0.0670. The van der Waals surface area contributed by atoms with Crippen molar-refractivity contribution in [3.63, 3.8) is 0 Å². The molecule has 1 amide bonds. The predicted octanol–water partition coefficient (Wildman–Crippen LogP) is 1.76. The van der Waals surface area contributed by atoms with Crippen LogP contribution in [-0.2, 0) is 0 Å². The number of ether oxygens (including phenoxy) is 2. The Morgan fingerprint density at radius 2 is 1.92 bits per heavy atom. The van der Waals surface area contributed by atoms with Gasteiger partial charge in [-0.05, 0) is 19.1 Å². The van der Waals surface area contributed by atoms with Gasteiger partial charge in [0.05, 0.1) is 31.5 Å². The molecule has 0 saturated carbocycles. The molecule has 0 spiro atoms. The van der Waals surface area contributed by atoms with E-state index in [4.69, 9.17) is 9.47 Å². The number of amides is 1. The average Bonchev–Trinajstić information content (AvgIpc) is 2.57. The molecular formula is C18H22N4O3. The summed E-state index contributed by atoms with van der Waals surface area (Å²) in [7, 11) is 5.34. The zero-order chi connectivity index (χ0) is 18.0. The Hall–Kier alpha value is -2.83. The Bertz CT molecular complexity index is 773. The third-order valence-corrected chi connectivity index (χ3v) is 4.09. The lowest BCUT2D eigenvalue weighted by molar-refractivity contribution is 0.0167. The van der Waals surface area contributed by atoms with Crippen LogP contribution in [0.25, 0.3) is 0 Å². The van der Waals surface area contributed by atoms with Crippen molar-refractivity contribution in [2.75, 3.05) is 39.2 Å². The van der Waals surface area contributed by atoms with E-state index in [2.05, 4.69) is 9.97 Å². The normalized spacial score (nSPS) is 14.0. The number of carbonyl (C=O) groups is 1. The fourth-order valence-corrected chi connectivity index (χ4v) is 2.62. The van der Waals surface area contributed by atoms with Gasteiger partial charge in [-0.25, -0.2) is 9.97 Å².